The van der Waals surface area contributed by atoms with Crippen LogP contribution in [0.5, 0.6) is 0 Å². The molecule has 0 atom stereocenters. The fourth-order valence-electron chi connectivity index (χ4n) is 1.36. The molecule has 2 rings (SSSR count). The number of thiophene rings is 1. The van der Waals surface area contributed by atoms with Gasteiger partial charge in [0.25, 0.3) is 5.91 Å². The number of amides is 1. The van der Waals surface area contributed by atoms with Gasteiger partial charge in [-0.2, -0.15) is 5.10 Å². The van der Waals surface area contributed by atoms with Crippen LogP contribution in [0.15, 0.2) is 17.6 Å². The lowest BCUT2D eigenvalue weighted by Crippen LogP contribution is -2.09. The van der Waals surface area contributed by atoms with Crippen molar-refractivity contribution >= 4 is 40.6 Å². The van der Waals surface area contributed by atoms with Gasteiger partial charge in [0, 0.05) is 29.8 Å². The van der Waals surface area contributed by atoms with Crippen LogP contribution in [0.3, 0.4) is 0 Å². The summed E-state index contributed by atoms with van der Waals surface area (Å²) in [5, 5.41) is 6.42. The summed E-state index contributed by atoms with van der Waals surface area (Å²) in [5.74, 6) is -0.323. The first-order valence-corrected chi connectivity index (χ1v) is 5.94. The summed E-state index contributed by atoms with van der Waals surface area (Å²) in [6.45, 7) is 0. The van der Waals surface area contributed by atoms with Crippen molar-refractivity contribution in [3.8, 4) is 11.3 Å². The summed E-state index contributed by atoms with van der Waals surface area (Å²) >= 11 is 12.5. The van der Waals surface area contributed by atoms with Crippen molar-refractivity contribution in [3.05, 3.63) is 27.5 Å². The largest absolute Gasteiger partial charge is 0.275 e. The zero-order chi connectivity index (χ0) is 11.7. The van der Waals surface area contributed by atoms with Crippen molar-refractivity contribution in [3.63, 3.8) is 0 Å². The molecular formula is C9H7Cl2N3OS. The highest BCUT2D eigenvalue weighted by molar-refractivity contribution is 7.12. The Labute approximate surface area is 106 Å². The van der Waals surface area contributed by atoms with E-state index in [1.54, 1.807) is 24.0 Å². The second-order valence-electron chi connectivity index (χ2n) is 3.09. The van der Waals surface area contributed by atoms with Gasteiger partial charge in [-0.25, -0.2) is 0 Å². The Kier molecular flexibility index (Phi) is 3.18. The Morgan fingerprint density at radius 1 is 1.62 bits per heavy atom. The van der Waals surface area contributed by atoms with Crippen LogP contribution in [-0.4, -0.2) is 15.7 Å². The second kappa shape index (κ2) is 4.45. The minimum Gasteiger partial charge on any atom is -0.267 e. The maximum absolute atomic E-state index is 11.3. The molecule has 0 aliphatic carbocycles. The van der Waals surface area contributed by atoms with Crippen molar-refractivity contribution in [2.75, 3.05) is 0 Å². The van der Waals surface area contributed by atoms with Crippen LogP contribution in [0.25, 0.3) is 11.3 Å². The number of halogens is 2. The predicted molar refractivity (Wildman–Crippen MR) is 64.9 cm³/mol. The maximum atomic E-state index is 11.3. The number of nitrogens with one attached hydrogen (secondary N) is 1. The maximum Gasteiger partial charge on any atom is 0.275 e. The molecule has 4 nitrogen and oxygen atoms in total. The number of carbonyl (C=O) groups is 1. The van der Waals surface area contributed by atoms with Gasteiger partial charge in [-0.05, 0) is 6.07 Å². The number of hydrogen-bond acceptors (Lipinski definition) is 3. The summed E-state index contributed by atoms with van der Waals surface area (Å²) in [5.41, 5.74) is 1.64. The van der Waals surface area contributed by atoms with Crippen LogP contribution in [0.4, 0.5) is 0 Å². The molecule has 2 aromatic rings. The predicted octanol–water partition coefficient (Wildman–Crippen LogP) is 2.69. The quantitative estimate of drug-likeness (QED) is 0.857. The van der Waals surface area contributed by atoms with E-state index in [9.17, 15) is 4.79 Å². The van der Waals surface area contributed by atoms with Crippen LogP contribution in [0.2, 0.25) is 5.02 Å². The Morgan fingerprint density at radius 3 is 2.94 bits per heavy atom. The Hall–Kier alpha value is -1.04. The molecule has 0 bridgehead atoms. The first kappa shape index (κ1) is 11.4. The second-order valence-corrected chi connectivity index (χ2v) is 4.60. The molecule has 7 heteroatoms. The normalized spacial score (nSPS) is 10.4. The molecule has 2 aromatic heterocycles. The number of nitrogens with zero attached hydrogens (tertiary/aromatic N) is 2. The Balaban J connectivity index is 2.43. The molecule has 0 saturated carbocycles. The number of rotatable bonds is 2. The van der Waals surface area contributed by atoms with Crippen LogP contribution in [0, 0.1) is 0 Å². The van der Waals surface area contributed by atoms with E-state index in [0.717, 1.165) is 11.3 Å². The summed E-state index contributed by atoms with van der Waals surface area (Å²) in [7, 11) is 1.79. The lowest BCUT2D eigenvalue weighted by atomic mass is 10.2. The lowest BCUT2D eigenvalue weighted by Gasteiger charge is -1.98. The molecule has 0 saturated heterocycles. The van der Waals surface area contributed by atoms with Gasteiger partial charge in [-0.3, -0.25) is 14.3 Å². The van der Waals surface area contributed by atoms with Crippen LogP contribution >= 0.6 is 34.7 Å². The third-order valence-corrected chi connectivity index (χ3v) is 3.45. The lowest BCUT2D eigenvalue weighted by molar-refractivity contribution is 0.0986. The van der Waals surface area contributed by atoms with Crippen LogP contribution in [0.1, 0.15) is 9.67 Å². The molecule has 0 fully saturated rings. The summed E-state index contributed by atoms with van der Waals surface area (Å²) in [6.07, 6.45) is 1.57. The van der Waals surface area contributed by atoms with Gasteiger partial charge in [0.2, 0.25) is 0 Å². The van der Waals surface area contributed by atoms with Crippen molar-refractivity contribution in [1.82, 2.24) is 14.6 Å². The number of aromatic nitrogens is 2. The van der Waals surface area contributed by atoms with Gasteiger partial charge in [0.15, 0.2) is 0 Å². The van der Waals surface area contributed by atoms with Crippen LogP contribution in [-0.2, 0) is 7.05 Å². The third kappa shape index (κ3) is 1.93. The third-order valence-electron chi connectivity index (χ3n) is 2.08. The molecule has 0 radical (unpaired) electrons. The molecule has 0 aliphatic rings. The highest BCUT2D eigenvalue weighted by Crippen LogP contribution is 2.30. The average molecular weight is 276 g/mol. The van der Waals surface area contributed by atoms with Gasteiger partial charge in [0.05, 0.1) is 21.8 Å². The summed E-state index contributed by atoms with van der Waals surface area (Å²) in [6, 6.07) is 1.73. The van der Waals surface area contributed by atoms with Crippen molar-refractivity contribution < 1.29 is 4.79 Å². The summed E-state index contributed by atoms with van der Waals surface area (Å²) in [4.78, 5) is 13.9. The zero-order valence-corrected chi connectivity index (χ0v) is 10.5. The van der Waals surface area contributed by atoms with Crippen molar-refractivity contribution in [1.29, 1.82) is 0 Å². The first-order chi connectivity index (χ1) is 7.63. The highest BCUT2D eigenvalue weighted by Gasteiger charge is 2.14. The molecule has 84 valence electrons. The van der Waals surface area contributed by atoms with E-state index in [0.29, 0.717) is 9.90 Å². The molecule has 0 unspecified atom stereocenters. The van der Waals surface area contributed by atoms with Crippen molar-refractivity contribution in [2.45, 2.75) is 0 Å². The van der Waals surface area contributed by atoms with Gasteiger partial charge >= 0.3 is 0 Å². The number of aryl methyl sites for hydroxylation is 1. The molecular weight excluding hydrogens is 269 g/mol. The first-order valence-electron chi connectivity index (χ1n) is 4.31. The van der Waals surface area contributed by atoms with E-state index in [4.69, 9.17) is 23.4 Å². The van der Waals surface area contributed by atoms with E-state index in [2.05, 4.69) is 9.93 Å². The monoisotopic (exact) mass is 275 g/mol. The summed E-state index contributed by atoms with van der Waals surface area (Å²) < 4.78 is 1.66. The molecule has 2 heterocycles. The van der Waals surface area contributed by atoms with Gasteiger partial charge < -0.3 is 0 Å². The van der Waals surface area contributed by atoms with E-state index in [1.807, 2.05) is 5.38 Å². The van der Waals surface area contributed by atoms with E-state index < -0.39 is 0 Å². The molecule has 1 amide bonds. The Bertz CT molecular complexity index is 515. The van der Waals surface area contributed by atoms with E-state index in [-0.39, 0.29) is 5.91 Å². The zero-order valence-electron chi connectivity index (χ0n) is 8.20. The smallest absolute Gasteiger partial charge is 0.267 e. The van der Waals surface area contributed by atoms with Gasteiger partial charge in [0.1, 0.15) is 0 Å². The van der Waals surface area contributed by atoms with E-state index >= 15 is 0 Å². The molecule has 0 spiro atoms. The number of hydrogen-bond donors (Lipinski definition) is 1. The standard InChI is InChI=1S/C9H7Cl2N3OS/c1-14-8(6(10)3-12-14)5-2-7(16-4-5)9(15)13-11/h2-4H,1H3,(H,13,15). The van der Waals surface area contributed by atoms with Gasteiger partial charge in [-0.1, -0.05) is 11.6 Å². The number of carbonyl (C=O) groups excluding carboxylic acids is 1. The minimum absolute atomic E-state index is 0.323. The fraction of sp³-hybridized carbons (Fsp3) is 0.111. The molecule has 16 heavy (non-hydrogen) atoms. The van der Waals surface area contributed by atoms with Crippen LogP contribution < -0.4 is 4.84 Å². The minimum atomic E-state index is -0.323. The average Bonchev–Trinajstić information content (AvgIpc) is 2.85. The van der Waals surface area contributed by atoms with Gasteiger partial charge in [-0.15, -0.1) is 11.3 Å². The van der Waals surface area contributed by atoms with Crippen molar-refractivity contribution in [2.24, 2.45) is 7.05 Å². The SMILES string of the molecule is Cn1ncc(Cl)c1-c1csc(C(=O)NCl)c1. The fourth-order valence-corrected chi connectivity index (χ4v) is 2.58. The Morgan fingerprint density at radius 2 is 2.38 bits per heavy atom. The van der Waals surface area contributed by atoms with E-state index in [1.165, 1.54) is 11.3 Å². The molecule has 1 N–H and O–H groups in total. The molecule has 0 aliphatic heterocycles. The molecule has 0 aromatic carbocycles. The highest BCUT2D eigenvalue weighted by atomic mass is 35.5. The topological polar surface area (TPSA) is 46.9 Å².